The number of hydrogen-bond donors (Lipinski definition) is 1. The van der Waals surface area contributed by atoms with Gasteiger partial charge in [-0.25, -0.2) is 17.5 Å². The minimum absolute atomic E-state index is 0.0548. The van der Waals surface area contributed by atoms with Gasteiger partial charge in [-0.3, -0.25) is 0 Å². The number of halogens is 1. The van der Waals surface area contributed by atoms with Crippen LogP contribution >= 0.6 is 0 Å². The Labute approximate surface area is 128 Å². The SMILES string of the molecule is COc1cccc(CNS(=O)(=O)c2cc(F)ccc2OC)c1. The van der Waals surface area contributed by atoms with Gasteiger partial charge >= 0.3 is 0 Å². The molecule has 0 aromatic heterocycles. The van der Waals surface area contributed by atoms with Crippen LogP contribution in [-0.2, 0) is 16.6 Å². The molecule has 0 atom stereocenters. The van der Waals surface area contributed by atoms with Crippen molar-refractivity contribution >= 4 is 10.0 Å². The number of benzene rings is 2. The summed E-state index contributed by atoms with van der Waals surface area (Å²) in [6.45, 7) is 0.0548. The van der Waals surface area contributed by atoms with E-state index in [4.69, 9.17) is 9.47 Å². The van der Waals surface area contributed by atoms with E-state index < -0.39 is 15.8 Å². The summed E-state index contributed by atoms with van der Waals surface area (Å²) >= 11 is 0. The van der Waals surface area contributed by atoms with Crippen LogP contribution in [0, 0.1) is 5.82 Å². The summed E-state index contributed by atoms with van der Waals surface area (Å²) in [6, 6.07) is 10.3. The molecule has 0 bridgehead atoms. The Hall–Kier alpha value is -2.12. The van der Waals surface area contributed by atoms with Gasteiger partial charge in [0.1, 0.15) is 22.2 Å². The molecule has 2 aromatic carbocycles. The van der Waals surface area contributed by atoms with Gasteiger partial charge in [-0.15, -0.1) is 0 Å². The number of ether oxygens (including phenoxy) is 2. The lowest BCUT2D eigenvalue weighted by atomic mass is 10.2. The average molecular weight is 325 g/mol. The van der Waals surface area contributed by atoms with Crippen molar-refractivity contribution in [2.75, 3.05) is 14.2 Å². The first-order valence-corrected chi connectivity index (χ1v) is 7.90. The Morgan fingerprint density at radius 1 is 1.09 bits per heavy atom. The zero-order chi connectivity index (χ0) is 16.2. The molecule has 0 saturated heterocycles. The quantitative estimate of drug-likeness (QED) is 0.885. The molecule has 0 aliphatic carbocycles. The maximum Gasteiger partial charge on any atom is 0.244 e. The highest BCUT2D eigenvalue weighted by Gasteiger charge is 2.20. The van der Waals surface area contributed by atoms with E-state index in [1.54, 1.807) is 24.3 Å². The van der Waals surface area contributed by atoms with Gasteiger partial charge in [-0.2, -0.15) is 0 Å². The van der Waals surface area contributed by atoms with Crippen LogP contribution in [0.15, 0.2) is 47.4 Å². The van der Waals surface area contributed by atoms with Gasteiger partial charge in [0.15, 0.2) is 0 Å². The van der Waals surface area contributed by atoms with Crippen molar-refractivity contribution in [3.63, 3.8) is 0 Å². The molecule has 5 nitrogen and oxygen atoms in total. The summed E-state index contributed by atoms with van der Waals surface area (Å²) in [5.74, 6) is 0.0575. The zero-order valence-electron chi connectivity index (χ0n) is 12.2. The molecular formula is C15H16FNO4S. The van der Waals surface area contributed by atoms with Crippen LogP contribution < -0.4 is 14.2 Å². The van der Waals surface area contributed by atoms with Crippen molar-refractivity contribution < 1.29 is 22.3 Å². The highest BCUT2D eigenvalue weighted by molar-refractivity contribution is 7.89. The summed E-state index contributed by atoms with van der Waals surface area (Å²) in [5.41, 5.74) is 0.721. The minimum Gasteiger partial charge on any atom is -0.497 e. The molecule has 0 saturated carbocycles. The minimum atomic E-state index is -3.90. The molecule has 0 amide bonds. The number of rotatable bonds is 6. The van der Waals surface area contributed by atoms with Crippen LogP contribution in [0.5, 0.6) is 11.5 Å². The van der Waals surface area contributed by atoms with E-state index in [2.05, 4.69) is 4.72 Å². The van der Waals surface area contributed by atoms with Crippen LogP contribution in [0.3, 0.4) is 0 Å². The van der Waals surface area contributed by atoms with Gasteiger partial charge in [0, 0.05) is 6.54 Å². The van der Waals surface area contributed by atoms with Crippen molar-refractivity contribution in [1.82, 2.24) is 4.72 Å². The summed E-state index contributed by atoms with van der Waals surface area (Å²) in [4.78, 5) is -0.238. The summed E-state index contributed by atoms with van der Waals surface area (Å²) in [5, 5.41) is 0. The molecule has 0 aliphatic rings. The highest BCUT2D eigenvalue weighted by atomic mass is 32.2. The van der Waals surface area contributed by atoms with E-state index in [0.717, 1.165) is 17.7 Å². The van der Waals surface area contributed by atoms with Crippen molar-refractivity contribution in [1.29, 1.82) is 0 Å². The van der Waals surface area contributed by atoms with Gasteiger partial charge in [0.05, 0.1) is 14.2 Å². The molecule has 0 heterocycles. The largest absolute Gasteiger partial charge is 0.497 e. The lowest BCUT2D eigenvalue weighted by Gasteiger charge is -2.11. The van der Waals surface area contributed by atoms with Gasteiger partial charge in [-0.05, 0) is 35.9 Å². The molecule has 0 fully saturated rings. The molecule has 1 N–H and O–H groups in total. The van der Waals surface area contributed by atoms with E-state index in [9.17, 15) is 12.8 Å². The molecule has 0 spiro atoms. The smallest absolute Gasteiger partial charge is 0.244 e. The fraction of sp³-hybridized carbons (Fsp3) is 0.200. The second-order valence-electron chi connectivity index (χ2n) is 4.47. The number of nitrogens with one attached hydrogen (secondary N) is 1. The molecule has 118 valence electrons. The second-order valence-corrected chi connectivity index (χ2v) is 6.21. The Morgan fingerprint density at radius 2 is 1.86 bits per heavy atom. The average Bonchev–Trinajstić information content (AvgIpc) is 2.53. The topological polar surface area (TPSA) is 64.6 Å². The lowest BCUT2D eigenvalue weighted by molar-refractivity contribution is 0.400. The predicted molar refractivity (Wildman–Crippen MR) is 80.0 cm³/mol. The summed E-state index contributed by atoms with van der Waals surface area (Å²) < 4.78 is 50.4. The predicted octanol–water partition coefficient (Wildman–Crippen LogP) is 2.32. The number of methoxy groups -OCH3 is 2. The van der Waals surface area contributed by atoms with Crippen LogP contribution in [0.25, 0.3) is 0 Å². The fourth-order valence-electron chi connectivity index (χ4n) is 1.90. The van der Waals surface area contributed by atoms with Gasteiger partial charge < -0.3 is 9.47 Å². The van der Waals surface area contributed by atoms with Crippen molar-refractivity contribution in [2.45, 2.75) is 11.4 Å². The van der Waals surface area contributed by atoms with Crippen molar-refractivity contribution in [3.05, 3.63) is 53.8 Å². The molecule has 22 heavy (non-hydrogen) atoms. The Balaban J connectivity index is 2.22. The van der Waals surface area contributed by atoms with Gasteiger partial charge in [0.2, 0.25) is 10.0 Å². The second kappa shape index (κ2) is 6.76. The molecule has 0 aliphatic heterocycles. The molecule has 7 heteroatoms. The van der Waals surface area contributed by atoms with Crippen molar-refractivity contribution in [2.24, 2.45) is 0 Å². The first kappa shape index (κ1) is 16.3. The van der Waals surface area contributed by atoms with Crippen LogP contribution in [0.1, 0.15) is 5.56 Å². The summed E-state index contributed by atoms with van der Waals surface area (Å²) in [7, 11) is -1.04. The molecule has 0 unspecified atom stereocenters. The Bertz CT molecular complexity index is 762. The third-order valence-corrected chi connectivity index (χ3v) is 4.44. The molecule has 0 radical (unpaired) electrons. The van der Waals surface area contributed by atoms with Crippen LogP contribution in [0.4, 0.5) is 4.39 Å². The third kappa shape index (κ3) is 3.75. The van der Waals surface area contributed by atoms with Crippen molar-refractivity contribution in [3.8, 4) is 11.5 Å². The van der Waals surface area contributed by atoms with E-state index >= 15 is 0 Å². The standard InChI is InChI=1S/C15H16FNO4S/c1-20-13-5-3-4-11(8-13)10-17-22(18,19)15-9-12(16)6-7-14(15)21-2/h3-9,17H,10H2,1-2H3. The zero-order valence-corrected chi connectivity index (χ0v) is 13.0. The van der Waals surface area contributed by atoms with Crippen LogP contribution in [0.2, 0.25) is 0 Å². The molecular weight excluding hydrogens is 309 g/mol. The lowest BCUT2D eigenvalue weighted by Crippen LogP contribution is -2.24. The summed E-state index contributed by atoms with van der Waals surface area (Å²) in [6.07, 6.45) is 0. The Morgan fingerprint density at radius 3 is 2.55 bits per heavy atom. The molecule has 2 rings (SSSR count). The first-order valence-electron chi connectivity index (χ1n) is 6.42. The van der Waals surface area contributed by atoms with Gasteiger partial charge in [-0.1, -0.05) is 12.1 Å². The fourth-order valence-corrected chi connectivity index (χ4v) is 3.10. The monoisotopic (exact) mass is 325 g/mol. The van der Waals surface area contributed by atoms with E-state index in [0.29, 0.717) is 5.75 Å². The molecule has 2 aromatic rings. The highest BCUT2D eigenvalue weighted by Crippen LogP contribution is 2.24. The van der Waals surface area contributed by atoms with E-state index in [1.165, 1.54) is 20.3 Å². The Kier molecular flexibility index (Phi) is 4.99. The first-order chi connectivity index (χ1) is 10.5. The number of hydrogen-bond acceptors (Lipinski definition) is 4. The van der Waals surface area contributed by atoms with E-state index in [1.807, 2.05) is 0 Å². The van der Waals surface area contributed by atoms with E-state index in [-0.39, 0.29) is 17.2 Å². The van der Waals surface area contributed by atoms with Crippen LogP contribution in [-0.4, -0.2) is 22.6 Å². The number of sulfonamides is 1. The third-order valence-electron chi connectivity index (χ3n) is 3.02. The maximum atomic E-state index is 13.3. The van der Waals surface area contributed by atoms with Gasteiger partial charge in [0.25, 0.3) is 0 Å². The normalized spacial score (nSPS) is 11.2. The maximum absolute atomic E-state index is 13.3.